The van der Waals surface area contributed by atoms with Crippen LogP contribution in [0.5, 0.6) is 0 Å². The molecule has 0 aliphatic heterocycles. The van der Waals surface area contributed by atoms with Gasteiger partial charge in [-0.1, -0.05) is 33.1 Å². The first-order valence-corrected chi connectivity index (χ1v) is 6.97. The molecule has 18 heavy (non-hydrogen) atoms. The van der Waals surface area contributed by atoms with Gasteiger partial charge < -0.3 is 10.2 Å². The van der Waals surface area contributed by atoms with Crippen LogP contribution in [0.4, 0.5) is 0 Å². The Bertz CT molecular complexity index is 244. The topological polar surface area (TPSA) is 74.6 Å². The summed E-state index contributed by atoms with van der Waals surface area (Å²) in [5, 5.41) is 16.8. The molecule has 0 bridgehead atoms. The lowest BCUT2D eigenvalue weighted by Crippen LogP contribution is -2.24. The van der Waals surface area contributed by atoms with Gasteiger partial charge in [-0.25, -0.2) is 0 Å². The average Bonchev–Trinajstić information content (AvgIpc) is 2.31. The van der Waals surface area contributed by atoms with Crippen LogP contribution >= 0.6 is 0 Å². The number of hydrogen-bond donors (Lipinski definition) is 2. The highest BCUT2D eigenvalue weighted by molar-refractivity contribution is 5.70. The minimum atomic E-state index is -0.711. The minimum Gasteiger partial charge on any atom is -0.481 e. The molecule has 4 nitrogen and oxygen atoms in total. The number of carboxylic acids is 2. The van der Waals surface area contributed by atoms with Crippen LogP contribution in [0.1, 0.15) is 65.2 Å². The molecule has 1 atom stereocenters. The SMILES string of the molecule is CCC(C(=O)O)C1CCCCC1.CCCC(=O)O. The lowest BCUT2D eigenvalue weighted by Gasteiger charge is -2.26. The minimum absolute atomic E-state index is 0.0784. The molecule has 1 unspecified atom stereocenters. The lowest BCUT2D eigenvalue weighted by atomic mass is 9.79. The predicted molar refractivity (Wildman–Crippen MR) is 70.5 cm³/mol. The largest absolute Gasteiger partial charge is 0.481 e. The van der Waals surface area contributed by atoms with E-state index in [1.54, 1.807) is 0 Å². The van der Waals surface area contributed by atoms with E-state index in [2.05, 4.69) is 0 Å². The van der Waals surface area contributed by atoms with Crippen molar-refractivity contribution in [1.29, 1.82) is 0 Å². The van der Waals surface area contributed by atoms with Crippen LogP contribution in [0.15, 0.2) is 0 Å². The normalized spacial score (nSPS) is 17.4. The van der Waals surface area contributed by atoms with E-state index in [-0.39, 0.29) is 5.92 Å². The third-order valence-corrected chi connectivity index (χ3v) is 3.44. The summed E-state index contributed by atoms with van der Waals surface area (Å²) in [5.74, 6) is -0.923. The zero-order valence-corrected chi connectivity index (χ0v) is 11.5. The van der Waals surface area contributed by atoms with E-state index in [4.69, 9.17) is 10.2 Å². The molecule has 2 N–H and O–H groups in total. The summed E-state index contributed by atoms with van der Waals surface area (Å²) in [5.41, 5.74) is 0. The molecule has 0 aromatic carbocycles. The molecule has 1 saturated carbocycles. The van der Waals surface area contributed by atoms with Crippen LogP contribution in [-0.2, 0) is 9.59 Å². The zero-order valence-electron chi connectivity index (χ0n) is 11.5. The summed E-state index contributed by atoms with van der Waals surface area (Å²) >= 11 is 0. The molecule has 0 amide bonds. The van der Waals surface area contributed by atoms with Crippen LogP contribution in [0.2, 0.25) is 0 Å². The van der Waals surface area contributed by atoms with Crippen molar-refractivity contribution in [2.75, 3.05) is 0 Å². The number of rotatable bonds is 5. The van der Waals surface area contributed by atoms with Crippen molar-refractivity contribution in [1.82, 2.24) is 0 Å². The van der Waals surface area contributed by atoms with Gasteiger partial charge in [0.1, 0.15) is 0 Å². The van der Waals surface area contributed by atoms with Crippen LogP contribution in [0.25, 0.3) is 0 Å². The van der Waals surface area contributed by atoms with E-state index in [9.17, 15) is 9.59 Å². The number of hydrogen-bond acceptors (Lipinski definition) is 2. The molecule has 1 fully saturated rings. The van der Waals surface area contributed by atoms with E-state index in [1.165, 1.54) is 19.3 Å². The van der Waals surface area contributed by atoms with Crippen LogP contribution in [0, 0.1) is 11.8 Å². The van der Waals surface area contributed by atoms with Crippen molar-refractivity contribution >= 4 is 11.9 Å². The summed E-state index contributed by atoms with van der Waals surface area (Å²) in [7, 11) is 0. The van der Waals surface area contributed by atoms with Gasteiger partial charge in [0.15, 0.2) is 0 Å². The van der Waals surface area contributed by atoms with Gasteiger partial charge in [-0.3, -0.25) is 9.59 Å². The summed E-state index contributed by atoms with van der Waals surface area (Å²) < 4.78 is 0. The molecule has 1 aliphatic rings. The molecule has 0 spiro atoms. The second-order valence-corrected chi connectivity index (χ2v) is 4.89. The zero-order chi connectivity index (χ0) is 14.0. The third-order valence-electron chi connectivity index (χ3n) is 3.44. The highest BCUT2D eigenvalue weighted by Crippen LogP contribution is 2.31. The highest BCUT2D eigenvalue weighted by Gasteiger charge is 2.27. The molecule has 0 aromatic rings. The fraction of sp³-hybridized carbons (Fsp3) is 0.857. The molecule has 0 radical (unpaired) electrons. The second-order valence-electron chi connectivity index (χ2n) is 4.89. The first-order valence-electron chi connectivity index (χ1n) is 6.97. The highest BCUT2D eigenvalue weighted by atomic mass is 16.4. The van der Waals surface area contributed by atoms with Crippen LogP contribution in [-0.4, -0.2) is 22.2 Å². The fourth-order valence-electron chi connectivity index (χ4n) is 2.46. The molecule has 1 aliphatic carbocycles. The standard InChI is InChI=1S/C10H18O2.C4H8O2/c1-2-9(10(11)12)8-6-4-3-5-7-8;1-2-3-4(5)6/h8-9H,2-7H2,1H3,(H,11,12);2-3H2,1H3,(H,5,6). The van der Waals surface area contributed by atoms with Gasteiger partial charge in [-0.15, -0.1) is 0 Å². The van der Waals surface area contributed by atoms with Crippen LogP contribution in [0.3, 0.4) is 0 Å². The molecule has 0 saturated heterocycles. The van der Waals surface area contributed by atoms with Crippen molar-refractivity contribution in [3.8, 4) is 0 Å². The average molecular weight is 258 g/mol. The lowest BCUT2D eigenvalue weighted by molar-refractivity contribution is -0.144. The van der Waals surface area contributed by atoms with Crippen molar-refractivity contribution in [2.45, 2.75) is 65.2 Å². The van der Waals surface area contributed by atoms with Gasteiger partial charge in [0.05, 0.1) is 5.92 Å². The maximum absolute atomic E-state index is 10.8. The van der Waals surface area contributed by atoms with Gasteiger partial charge in [0, 0.05) is 6.42 Å². The first-order chi connectivity index (χ1) is 8.52. The Kier molecular flexibility index (Phi) is 9.33. The number of carbonyl (C=O) groups is 2. The van der Waals surface area contributed by atoms with Crippen molar-refractivity contribution in [2.24, 2.45) is 11.8 Å². The Morgan fingerprint density at radius 1 is 1.11 bits per heavy atom. The molecular weight excluding hydrogens is 232 g/mol. The third kappa shape index (κ3) is 7.30. The van der Waals surface area contributed by atoms with E-state index in [0.29, 0.717) is 12.3 Å². The fourth-order valence-corrected chi connectivity index (χ4v) is 2.46. The van der Waals surface area contributed by atoms with Gasteiger partial charge in [-0.2, -0.15) is 0 Å². The van der Waals surface area contributed by atoms with Gasteiger partial charge in [0.25, 0.3) is 0 Å². The van der Waals surface area contributed by atoms with Gasteiger partial charge >= 0.3 is 11.9 Å². The van der Waals surface area contributed by atoms with E-state index < -0.39 is 11.9 Å². The summed E-state index contributed by atoms with van der Waals surface area (Å²) in [6, 6.07) is 0. The van der Waals surface area contributed by atoms with Crippen molar-refractivity contribution in [3.05, 3.63) is 0 Å². The van der Waals surface area contributed by atoms with Gasteiger partial charge in [-0.05, 0) is 31.6 Å². The first kappa shape index (κ1) is 16.9. The molecule has 1 rings (SSSR count). The Morgan fingerprint density at radius 2 is 1.67 bits per heavy atom. The second kappa shape index (κ2) is 9.92. The summed E-state index contributed by atoms with van der Waals surface area (Å²) in [4.78, 5) is 20.4. The van der Waals surface area contributed by atoms with Crippen molar-refractivity contribution in [3.63, 3.8) is 0 Å². The maximum Gasteiger partial charge on any atom is 0.306 e. The predicted octanol–water partition coefficient (Wildman–Crippen LogP) is 3.55. The molecule has 106 valence electrons. The smallest absolute Gasteiger partial charge is 0.306 e. The quantitative estimate of drug-likeness (QED) is 0.790. The Morgan fingerprint density at radius 3 is 1.94 bits per heavy atom. The number of carboxylic acid groups (broad SMARTS) is 2. The Labute approximate surface area is 109 Å². The number of aliphatic carboxylic acids is 2. The Hall–Kier alpha value is -1.06. The maximum atomic E-state index is 10.8. The molecular formula is C14H26O4. The van der Waals surface area contributed by atoms with E-state index in [0.717, 1.165) is 25.7 Å². The molecule has 0 aromatic heterocycles. The van der Waals surface area contributed by atoms with Gasteiger partial charge in [0.2, 0.25) is 0 Å². The Balaban J connectivity index is 0.000000411. The summed E-state index contributed by atoms with van der Waals surface area (Å²) in [6.45, 7) is 3.82. The summed E-state index contributed by atoms with van der Waals surface area (Å²) in [6.07, 6.45) is 7.83. The van der Waals surface area contributed by atoms with Crippen LogP contribution < -0.4 is 0 Å². The van der Waals surface area contributed by atoms with Crippen molar-refractivity contribution < 1.29 is 19.8 Å². The van der Waals surface area contributed by atoms with E-state index in [1.807, 2.05) is 13.8 Å². The monoisotopic (exact) mass is 258 g/mol. The molecule has 0 heterocycles. The van der Waals surface area contributed by atoms with E-state index >= 15 is 0 Å². The molecule has 4 heteroatoms.